The Bertz CT molecular complexity index is 750. The average Bonchev–Trinajstić information content (AvgIpc) is 3.06. The van der Waals surface area contributed by atoms with Crippen LogP contribution < -0.4 is 5.32 Å². The maximum absolute atomic E-state index is 12.4. The van der Waals surface area contributed by atoms with Crippen molar-refractivity contribution in [2.45, 2.75) is 25.8 Å². The molecule has 2 aromatic rings. The third kappa shape index (κ3) is 4.03. The minimum atomic E-state index is -1.05. The smallest absolute Gasteiger partial charge is 0.326 e. The Morgan fingerprint density at radius 2 is 2.04 bits per heavy atom. The van der Waals surface area contributed by atoms with Crippen LogP contribution in [0.25, 0.3) is 11.5 Å². The first-order valence-corrected chi connectivity index (χ1v) is 8.06. The monoisotopic (exact) mass is 345 g/mol. The minimum absolute atomic E-state index is 0.226. The highest BCUT2D eigenvalue weighted by Crippen LogP contribution is 2.20. The van der Waals surface area contributed by atoms with Crippen LogP contribution in [0.1, 0.15) is 29.1 Å². The van der Waals surface area contributed by atoms with E-state index in [1.165, 1.54) is 0 Å². The Morgan fingerprint density at radius 3 is 2.60 bits per heavy atom. The zero-order valence-electron chi connectivity index (χ0n) is 13.8. The fourth-order valence-corrected chi connectivity index (χ4v) is 2.81. The number of carboxylic acids is 1. The standard InChI is InChI=1S/C17H19N3O5/c1-10-19-20-16(25-10)12-6-4-11(5-7-12)15(21)18-14(17(22)23)13-3-2-8-24-9-13/h4-7,13-14H,2-3,8-9H2,1H3,(H,18,21)(H,22,23). The van der Waals surface area contributed by atoms with Crippen molar-refractivity contribution in [3.8, 4) is 11.5 Å². The molecular weight excluding hydrogens is 326 g/mol. The molecular formula is C17H19N3O5. The molecule has 1 aromatic heterocycles. The van der Waals surface area contributed by atoms with E-state index in [9.17, 15) is 14.7 Å². The van der Waals surface area contributed by atoms with Gasteiger partial charge in [0.2, 0.25) is 11.8 Å². The number of hydrogen-bond acceptors (Lipinski definition) is 6. The Hall–Kier alpha value is -2.74. The van der Waals surface area contributed by atoms with Gasteiger partial charge in [0.25, 0.3) is 5.91 Å². The lowest BCUT2D eigenvalue weighted by atomic mass is 9.93. The van der Waals surface area contributed by atoms with Crippen molar-refractivity contribution in [2.24, 2.45) is 5.92 Å². The molecule has 25 heavy (non-hydrogen) atoms. The maximum Gasteiger partial charge on any atom is 0.326 e. The predicted octanol–water partition coefficient (Wildman–Crippen LogP) is 1.65. The first-order valence-electron chi connectivity index (χ1n) is 8.06. The lowest BCUT2D eigenvalue weighted by molar-refractivity contribution is -0.142. The van der Waals surface area contributed by atoms with E-state index in [2.05, 4.69) is 15.5 Å². The highest BCUT2D eigenvalue weighted by molar-refractivity contribution is 5.97. The number of carbonyl (C=O) groups excluding carboxylic acids is 1. The van der Waals surface area contributed by atoms with Gasteiger partial charge in [-0.15, -0.1) is 10.2 Å². The number of carbonyl (C=O) groups is 2. The molecule has 132 valence electrons. The van der Waals surface area contributed by atoms with E-state index in [0.717, 1.165) is 6.42 Å². The summed E-state index contributed by atoms with van der Waals surface area (Å²) < 4.78 is 10.7. The molecule has 2 unspecified atom stereocenters. The molecule has 1 aliphatic rings. The van der Waals surface area contributed by atoms with E-state index in [4.69, 9.17) is 9.15 Å². The molecule has 2 N–H and O–H groups in total. The van der Waals surface area contributed by atoms with Gasteiger partial charge in [-0.1, -0.05) is 0 Å². The normalized spacial score (nSPS) is 18.5. The summed E-state index contributed by atoms with van der Waals surface area (Å²) in [6.45, 7) is 2.67. The van der Waals surface area contributed by atoms with Crippen molar-refractivity contribution in [3.05, 3.63) is 35.7 Å². The number of ether oxygens (including phenoxy) is 1. The molecule has 8 heteroatoms. The Balaban J connectivity index is 1.70. The molecule has 0 saturated carbocycles. The largest absolute Gasteiger partial charge is 0.480 e. The number of amides is 1. The summed E-state index contributed by atoms with van der Waals surface area (Å²) in [7, 11) is 0. The average molecular weight is 345 g/mol. The van der Waals surface area contributed by atoms with E-state index >= 15 is 0 Å². The van der Waals surface area contributed by atoms with Crippen molar-refractivity contribution in [2.75, 3.05) is 13.2 Å². The predicted molar refractivity (Wildman–Crippen MR) is 86.9 cm³/mol. The molecule has 0 spiro atoms. The third-order valence-electron chi connectivity index (χ3n) is 4.14. The summed E-state index contributed by atoms with van der Waals surface area (Å²) in [6, 6.07) is 5.59. The van der Waals surface area contributed by atoms with Gasteiger partial charge in [0.1, 0.15) is 6.04 Å². The quantitative estimate of drug-likeness (QED) is 0.847. The van der Waals surface area contributed by atoms with Crippen molar-refractivity contribution in [3.63, 3.8) is 0 Å². The molecule has 1 fully saturated rings. The van der Waals surface area contributed by atoms with Gasteiger partial charge in [-0.2, -0.15) is 0 Å². The van der Waals surface area contributed by atoms with Crippen molar-refractivity contribution in [1.82, 2.24) is 15.5 Å². The Morgan fingerprint density at radius 1 is 1.28 bits per heavy atom. The van der Waals surface area contributed by atoms with Crippen LogP contribution in [0.2, 0.25) is 0 Å². The SMILES string of the molecule is Cc1nnc(-c2ccc(C(=O)NC(C(=O)O)C3CCCOC3)cc2)o1. The van der Waals surface area contributed by atoms with E-state index in [0.29, 0.717) is 42.5 Å². The molecule has 2 heterocycles. The van der Waals surface area contributed by atoms with Gasteiger partial charge in [-0.3, -0.25) is 4.79 Å². The molecule has 0 bridgehead atoms. The molecule has 1 amide bonds. The highest BCUT2D eigenvalue weighted by Gasteiger charge is 2.31. The molecule has 2 atom stereocenters. The van der Waals surface area contributed by atoms with Crippen molar-refractivity contribution in [1.29, 1.82) is 0 Å². The molecule has 1 aromatic carbocycles. The van der Waals surface area contributed by atoms with Crippen LogP contribution >= 0.6 is 0 Å². The highest BCUT2D eigenvalue weighted by atomic mass is 16.5. The fraction of sp³-hybridized carbons (Fsp3) is 0.412. The van der Waals surface area contributed by atoms with Crippen LogP contribution in [0.5, 0.6) is 0 Å². The molecule has 1 aliphatic heterocycles. The van der Waals surface area contributed by atoms with Gasteiger partial charge in [0, 0.05) is 30.6 Å². The number of nitrogens with one attached hydrogen (secondary N) is 1. The van der Waals surface area contributed by atoms with Crippen molar-refractivity contribution >= 4 is 11.9 Å². The first-order chi connectivity index (χ1) is 12.0. The van der Waals surface area contributed by atoms with Gasteiger partial charge in [0.05, 0.1) is 6.61 Å². The van der Waals surface area contributed by atoms with Gasteiger partial charge in [-0.25, -0.2) is 4.79 Å². The van der Waals surface area contributed by atoms with Crippen LogP contribution in [0.3, 0.4) is 0 Å². The fourth-order valence-electron chi connectivity index (χ4n) is 2.81. The zero-order chi connectivity index (χ0) is 17.8. The van der Waals surface area contributed by atoms with Crippen LogP contribution in [-0.4, -0.2) is 46.4 Å². The van der Waals surface area contributed by atoms with Gasteiger partial charge < -0.3 is 19.6 Å². The maximum atomic E-state index is 12.4. The summed E-state index contributed by atoms with van der Waals surface area (Å²) in [5.41, 5.74) is 1.05. The Kier molecular flexibility index (Phi) is 5.08. The van der Waals surface area contributed by atoms with Crippen LogP contribution in [0.4, 0.5) is 0 Å². The van der Waals surface area contributed by atoms with E-state index in [-0.39, 0.29) is 5.92 Å². The van der Waals surface area contributed by atoms with Gasteiger partial charge in [0.15, 0.2) is 0 Å². The second-order valence-corrected chi connectivity index (χ2v) is 5.97. The lowest BCUT2D eigenvalue weighted by Gasteiger charge is -2.28. The second-order valence-electron chi connectivity index (χ2n) is 5.97. The lowest BCUT2D eigenvalue weighted by Crippen LogP contribution is -2.48. The number of aromatic nitrogens is 2. The van der Waals surface area contributed by atoms with E-state index in [1.54, 1.807) is 31.2 Å². The number of aryl methyl sites for hydroxylation is 1. The molecule has 3 rings (SSSR count). The summed E-state index contributed by atoms with van der Waals surface area (Å²) in [5.74, 6) is -0.896. The number of hydrogen-bond donors (Lipinski definition) is 2. The molecule has 0 aliphatic carbocycles. The van der Waals surface area contributed by atoms with Gasteiger partial charge in [-0.05, 0) is 37.1 Å². The molecule has 0 radical (unpaired) electrons. The minimum Gasteiger partial charge on any atom is -0.480 e. The summed E-state index contributed by atoms with van der Waals surface area (Å²) in [6.07, 6.45) is 1.51. The topological polar surface area (TPSA) is 115 Å². The second kappa shape index (κ2) is 7.43. The van der Waals surface area contributed by atoms with Crippen LogP contribution in [0.15, 0.2) is 28.7 Å². The van der Waals surface area contributed by atoms with Crippen LogP contribution in [-0.2, 0) is 9.53 Å². The van der Waals surface area contributed by atoms with Gasteiger partial charge >= 0.3 is 5.97 Å². The summed E-state index contributed by atoms with van der Waals surface area (Å²) >= 11 is 0. The number of nitrogens with zero attached hydrogens (tertiary/aromatic N) is 2. The van der Waals surface area contributed by atoms with E-state index in [1.807, 2.05) is 0 Å². The Labute approximate surface area is 144 Å². The molecule has 8 nitrogen and oxygen atoms in total. The third-order valence-corrected chi connectivity index (χ3v) is 4.14. The summed E-state index contributed by atoms with van der Waals surface area (Å²) in [4.78, 5) is 23.9. The van der Waals surface area contributed by atoms with Crippen LogP contribution in [0, 0.1) is 12.8 Å². The number of rotatable bonds is 5. The zero-order valence-corrected chi connectivity index (χ0v) is 13.8. The van der Waals surface area contributed by atoms with E-state index < -0.39 is 17.9 Å². The van der Waals surface area contributed by atoms with Crippen molar-refractivity contribution < 1.29 is 23.8 Å². The first kappa shape index (κ1) is 17.1. The summed E-state index contributed by atoms with van der Waals surface area (Å²) in [5, 5.41) is 19.7. The number of benzene rings is 1. The number of aliphatic carboxylic acids is 1. The number of carboxylic acid groups (broad SMARTS) is 1. The molecule has 1 saturated heterocycles.